The molecule has 5 nitrogen and oxygen atoms in total. The molecule has 0 unspecified atom stereocenters. The van der Waals surface area contributed by atoms with E-state index in [1.165, 1.54) is 0 Å². The minimum absolute atomic E-state index is 0.0849. The topological polar surface area (TPSA) is 84.5 Å². The Kier molecular flexibility index (Phi) is 4.23. The number of aliphatic imine (C=N–C) groups is 1. The molecule has 1 aromatic carbocycles. The van der Waals surface area contributed by atoms with Gasteiger partial charge in [0.05, 0.1) is 6.42 Å². The molecule has 0 radical (unpaired) electrons. The van der Waals surface area contributed by atoms with E-state index in [0.29, 0.717) is 5.69 Å². The summed E-state index contributed by atoms with van der Waals surface area (Å²) in [5.41, 5.74) is 6.18. The lowest BCUT2D eigenvalue weighted by Crippen LogP contribution is -2.33. The molecule has 0 aliphatic carbocycles. The van der Waals surface area contributed by atoms with Crippen LogP contribution in [0, 0.1) is 3.57 Å². The highest BCUT2D eigenvalue weighted by atomic mass is 127. The van der Waals surface area contributed by atoms with Gasteiger partial charge in [0.1, 0.15) is 5.25 Å². The summed E-state index contributed by atoms with van der Waals surface area (Å²) < 4.78 is 1.09. The first-order chi connectivity index (χ1) is 8.54. The van der Waals surface area contributed by atoms with Gasteiger partial charge in [-0.05, 0) is 46.9 Å². The Balaban J connectivity index is 2.02. The van der Waals surface area contributed by atoms with Crippen molar-refractivity contribution in [2.45, 2.75) is 11.7 Å². The first kappa shape index (κ1) is 13.3. The van der Waals surface area contributed by atoms with Crippen LogP contribution in [0.4, 0.5) is 5.69 Å². The third-order valence-electron chi connectivity index (χ3n) is 2.26. The quantitative estimate of drug-likeness (QED) is 0.769. The normalized spacial score (nSPS) is 19.3. The van der Waals surface area contributed by atoms with Crippen LogP contribution in [0.25, 0.3) is 0 Å². The van der Waals surface area contributed by atoms with E-state index in [9.17, 15) is 9.59 Å². The zero-order valence-electron chi connectivity index (χ0n) is 9.22. The van der Waals surface area contributed by atoms with E-state index >= 15 is 0 Å². The van der Waals surface area contributed by atoms with Gasteiger partial charge in [-0.15, -0.1) is 0 Å². The molecule has 1 aliphatic rings. The van der Waals surface area contributed by atoms with Gasteiger partial charge in [0.2, 0.25) is 11.8 Å². The zero-order valence-corrected chi connectivity index (χ0v) is 12.2. The number of anilines is 1. The zero-order chi connectivity index (χ0) is 13.1. The van der Waals surface area contributed by atoms with E-state index in [0.717, 1.165) is 15.3 Å². The van der Waals surface area contributed by atoms with Gasteiger partial charge in [0, 0.05) is 9.26 Å². The van der Waals surface area contributed by atoms with Gasteiger partial charge in [-0.1, -0.05) is 11.8 Å². The number of amidine groups is 1. The van der Waals surface area contributed by atoms with Crippen molar-refractivity contribution in [1.29, 1.82) is 0 Å². The van der Waals surface area contributed by atoms with Crippen LogP contribution in [-0.4, -0.2) is 22.2 Å². The summed E-state index contributed by atoms with van der Waals surface area (Å²) in [5, 5.41) is 2.40. The molecule has 1 aromatic rings. The highest BCUT2D eigenvalue weighted by Crippen LogP contribution is 2.22. The van der Waals surface area contributed by atoms with E-state index in [4.69, 9.17) is 5.73 Å². The number of nitrogens with two attached hydrogens (primary N) is 1. The fraction of sp³-hybridized carbons (Fsp3) is 0.182. The van der Waals surface area contributed by atoms with E-state index in [1.807, 2.05) is 24.3 Å². The number of benzene rings is 1. The summed E-state index contributed by atoms with van der Waals surface area (Å²) in [5.74, 6) is -0.582. The number of rotatable bonds is 2. The largest absolute Gasteiger partial charge is 0.378 e. The maximum Gasteiger partial charge on any atom is 0.249 e. The van der Waals surface area contributed by atoms with Crippen LogP contribution >= 0.6 is 34.4 Å². The number of hydrogen-bond donors (Lipinski definition) is 2. The molecule has 1 aliphatic heterocycles. The van der Waals surface area contributed by atoms with Crippen molar-refractivity contribution in [3.63, 3.8) is 0 Å². The van der Waals surface area contributed by atoms with E-state index in [2.05, 4.69) is 32.9 Å². The second-order valence-corrected chi connectivity index (χ2v) is 6.12. The minimum atomic E-state index is -0.505. The Bertz CT molecular complexity index is 516. The molecule has 1 atom stereocenters. The molecule has 0 bridgehead atoms. The van der Waals surface area contributed by atoms with Gasteiger partial charge < -0.3 is 11.1 Å². The first-order valence-electron chi connectivity index (χ1n) is 5.14. The van der Waals surface area contributed by atoms with Gasteiger partial charge >= 0.3 is 0 Å². The minimum Gasteiger partial charge on any atom is -0.378 e. The number of thioether (sulfide) groups is 1. The molecule has 94 valence electrons. The lowest BCUT2D eigenvalue weighted by Gasteiger charge is -2.17. The van der Waals surface area contributed by atoms with Gasteiger partial charge in [0.25, 0.3) is 0 Å². The van der Waals surface area contributed by atoms with Gasteiger partial charge in [0.15, 0.2) is 5.17 Å². The molecular formula is C11H10IN3O2S. The fourth-order valence-electron chi connectivity index (χ4n) is 1.44. The van der Waals surface area contributed by atoms with Crippen molar-refractivity contribution in [2.75, 3.05) is 5.32 Å². The third-order valence-corrected chi connectivity index (χ3v) is 3.98. The lowest BCUT2D eigenvalue weighted by atomic mass is 10.2. The predicted molar refractivity (Wildman–Crippen MR) is 80.4 cm³/mol. The number of carbonyl (C=O) groups excluding carboxylic acids is 2. The average molecular weight is 375 g/mol. The van der Waals surface area contributed by atoms with Gasteiger partial charge in [-0.3, -0.25) is 9.59 Å². The standard InChI is InChI=1S/C11H10IN3O2S/c12-6-1-3-7(4-2-6)14-10(17)8-5-9(16)15-11(13)18-8/h1-4,8H,5H2,(H,14,17)(H2,13,15,16)/t8-/m1/s1. The monoisotopic (exact) mass is 375 g/mol. The molecular weight excluding hydrogens is 365 g/mol. The number of carbonyl (C=O) groups is 2. The second-order valence-electron chi connectivity index (χ2n) is 3.65. The maximum atomic E-state index is 11.9. The van der Waals surface area contributed by atoms with Crippen molar-refractivity contribution >= 4 is 57.0 Å². The van der Waals surface area contributed by atoms with Gasteiger partial charge in [-0.25, -0.2) is 0 Å². The van der Waals surface area contributed by atoms with Crippen LogP contribution in [0.1, 0.15) is 6.42 Å². The van der Waals surface area contributed by atoms with Crippen molar-refractivity contribution in [1.82, 2.24) is 0 Å². The second kappa shape index (κ2) is 5.70. The molecule has 0 spiro atoms. The van der Waals surface area contributed by atoms with Crippen LogP contribution in [-0.2, 0) is 9.59 Å². The van der Waals surface area contributed by atoms with Crippen LogP contribution < -0.4 is 11.1 Å². The van der Waals surface area contributed by atoms with Gasteiger partial charge in [-0.2, -0.15) is 4.99 Å². The van der Waals surface area contributed by atoms with Crippen molar-refractivity contribution in [3.05, 3.63) is 27.8 Å². The Labute approximate surface area is 122 Å². The Morgan fingerprint density at radius 2 is 2.11 bits per heavy atom. The smallest absolute Gasteiger partial charge is 0.249 e. The summed E-state index contributed by atoms with van der Waals surface area (Å²) in [6.07, 6.45) is 0.0849. The first-order valence-corrected chi connectivity index (χ1v) is 7.10. The highest BCUT2D eigenvalue weighted by molar-refractivity contribution is 14.1. The molecule has 1 heterocycles. The van der Waals surface area contributed by atoms with Crippen molar-refractivity contribution < 1.29 is 9.59 Å². The van der Waals surface area contributed by atoms with E-state index in [-0.39, 0.29) is 23.4 Å². The van der Waals surface area contributed by atoms with Crippen LogP contribution in [0.15, 0.2) is 29.3 Å². The number of amides is 2. The SMILES string of the molecule is NC1=NC(=O)C[C@H](C(=O)Nc2ccc(I)cc2)S1. The van der Waals surface area contributed by atoms with E-state index in [1.54, 1.807) is 0 Å². The number of nitrogens with zero attached hydrogens (tertiary/aromatic N) is 1. The molecule has 3 N–H and O–H groups in total. The average Bonchev–Trinajstić information content (AvgIpc) is 2.31. The van der Waals surface area contributed by atoms with Crippen LogP contribution in [0.3, 0.4) is 0 Å². The Morgan fingerprint density at radius 3 is 2.72 bits per heavy atom. The van der Waals surface area contributed by atoms with Crippen molar-refractivity contribution in [2.24, 2.45) is 10.7 Å². The molecule has 0 aromatic heterocycles. The van der Waals surface area contributed by atoms with E-state index < -0.39 is 5.25 Å². The molecule has 7 heteroatoms. The third kappa shape index (κ3) is 3.45. The summed E-state index contributed by atoms with van der Waals surface area (Å²) in [7, 11) is 0. The molecule has 0 fully saturated rings. The maximum absolute atomic E-state index is 11.9. The Morgan fingerprint density at radius 1 is 1.44 bits per heavy atom. The van der Waals surface area contributed by atoms with Crippen molar-refractivity contribution in [3.8, 4) is 0 Å². The lowest BCUT2D eigenvalue weighted by molar-refractivity contribution is -0.121. The van der Waals surface area contributed by atoms with Crippen LogP contribution in [0.2, 0.25) is 0 Å². The number of halogens is 1. The summed E-state index contributed by atoms with van der Waals surface area (Å²) >= 11 is 3.30. The molecule has 0 saturated heterocycles. The summed E-state index contributed by atoms with van der Waals surface area (Å²) in [6, 6.07) is 7.41. The molecule has 2 rings (SSSR count). The fourth-order valence-corrected chi connectivity index (χ4v) is 2.64. The molecule has 18 heavy (non-hydrogen) atoms. The molecule has 2 amide bonds. The number of nitrogens with one attached hydrogen (secondary N) is 1. The summed E-state index contributed by atoms with van der Waals surface area (Å²) in [4.78, 5) is 26.7. The Hall–Kier alpha value is -1.09. The highest BCUT2D eigenvalue weighted by Gasteiger charge is 2.27. The predicted octanol–water partition coefficient (Wildman–Crippen LogP) is 1.58. The number of hydrogen-bond acceptors (Lipinski definition) is 4. The van der Waals surface area contributed by atoms with Crippen LogP contribution in [0.5, 0.6) is 0 Å². The summed E-state index contributed by atoms with van der Waals surface area (Å²) in [6.45, 7) is 0. The molecule has 0 saturated carbocycles.